The molecule has 0 fully saturated rings. The zero-order chi connectivity index (χ0) is 23.7. The predicted octanol–water partition coefficient (Wildman–Crippen LogP) is 5.39. The molecule has 2 atom stereocenters. The molecule has 0 saturated heterocycles. The van der Waals surface area contributed by atoms with Crippen LogP contribution >= 0.6 is 11.6 Å². The van der Waals surface area contributed by atoms with Gasteiger partial charge in [-0.15, -0.1) is 0 Å². The van der Waals surface area contributed by atoms with Gasteiger partial charge < -0.3 is 19.9 Å². The maximum atomic E-state index is 13.9. The third kappa shape index (κ3) is 3.95. The quantitative estimate of drug-likeness (QED) is 0.394. The van der Waals surface area contributed by atoms with E-state index in [-0.39, 0.29) is 11.8 Å². The van der Waals surface area contributed by atoms with E-state index in [1.165, 1.54) is 0 Å². The first-order valence-corrected chi connectivity index (χ1v) is 11.5. The normalized spacial score (nSPS) is 17.6. The Morgan fingerprint density at radius 3 is 2.68 bits per heavy atom. The van der Waals surface area contributed by atoms with Crippen LogP contribution in [0.25, 0.3) is 10.9 Å². The highest BCUT2D eigenvalue weighted by Gasteiger charge is 2.44. The summed E-state index contributed by atoms with van der Waals surface area (Å²) < 4.78 is 5.32. The molecule has 2 heterocycles. The Morgan fingerprint density at radius 2 is 1.85 bits per heavy atom. The highest BCUT2D eigenvalue weighted by molar-refractivity contribution is 6.30. The van der Waals surface area contributed by atoms with E-state index in [1.54, 1.807) is 42.3 Å². The van der Waals surface area contributed by atoms with Crippen molar-refractivity contribution in [3.05, 3.63) is 101 Å². The molecule has 0 radical (unpaired) electrons. The highest BCUT2D eigenvalue weighted by atomic mass is 35.5. The molecule has 7 heteroatoms. The predicted molar refractivity (Wildman–Crippen MR) is 133 cm³/mol. The van der Waals surface area contributed by atoms with Crippen LogP contribution in [0.5, 0.6) is 0 Å². The average Bonchev–Trinajstić information content (AvgIpc) is 3.27. The summed E-state index contributed by atoms with van der Waals surface area (Å²) in [6.45, 7) is 0.712. The molecule has 0 aliphatic carbocycles. The Labute approximate surface area is 202 Å². The summed E-state index contributed by atoms with van der Waals surface area (Å²) in [7, 11) is 1.60. The first kappa shape index (κ1) is 22.2. The van der Waals surface area contributed by atoms with E-state index >= 15 is 0 Å². The number of H-pyrrole nitrogens is 1. The summed E-state index contributed by atoms with van der Waals surface area (Å²) >= 11 is 6.15. The fourth-order valence-corrected chi connectivity index (χ4v) is 4.97. The summed E-state index contributed by atoms with van der Waals surface area (Å²) in [5.41, 5.74) is 3.68. The molecule has 172 valence electrons. The number of nitrogens with zero attached hydrogens (tertiary/aromatic N) is 1. The number of hydrogen-bond acceptors (Lipinski definition) is 3. The highest BCUT2D eigenvalue weighted by Crippen LogP contribution is 2.45. The first-order valence-electron chi connectivity index (χ1n) is 11.1. The molecule has 1 aromatic heterocycles. The van der Waals surface area contributed by atoms with Gasteiger partial charge in [-0.05, 0) is 35.9 Å². The van der Waals surface area contributed by atoms with Crippen molar-refractivity contribution in [3.63, 3.8) is 0 Å². The Kier molecular flexibility index (Phi) is 6.09. The van der Waals surface area contributed by atoms with Crippen LogP contribution in [0.4, 0.5) is 5.69 Å². The number of fused-ring (bicyclic) bond motifs is 2. The zero-order valence-corrected chi connectivity index (χ0v) is 19.4. The van der Waals surface area contributed by atoms with Gasteiger partial charge in [-0.1, -0.05) is 54.1 Å². The van der Waals surface area contributed by atoms with Crippen LogP contribution in [0.1, 0.15) is 33.4 Å². The van der Waals surface area contributed by atoms with Crippen LogP contribution < -0.4 is 5.32 Å². The summed E-state index contributed by atoms with van der Waals surface area (Å²) in [5.74, 6) is -0.960. The van der Waals surface area contributed by atoms with Crippen molar-refractivity contribution >= 4 is 40.0 Å². The third-order valence-electron chi connectivity index (χ3n) is 6.29. The molecule has 3 aromatic carbocycles. The number of halogens is 1. The van der Waals surface area contributed by atoms with E-state index in [4.69, 9.17) is 16.3 Å². The van der Waals surface area contributed by atoms with E-state index < -0.39 is 12.0 Å². The fraction of sp³-hybridized carbons (Fsp3) is 0.185. The van der Waals surface area contributed by atoms with Crippen LogP contribution in [0.2, 0.25) is 5.02 Å². The van der Waals surface area contributed by atoms with Crippen molar-refractivity contribution < 1.29 is 14.3 Å². The van der Waals surface area contributed by atoms with E-state index in [0.29, 0.717) is 35.0 Å². The van der Waals surface area contributed by atoms with Crippen molar-refractivity contribution in [2.24, 2.45) is 0 Å². The number of amides is 2. The van der Waals surface area contributed by atoms with E-state index in [9.17, 15) is 9.59 Å². The lowest BCUT2D eigenvalue weighted by Crippen LogP contribution is -2.47. The fourth-order valence-electron chi connectivity index (χ4n) is 4.78. The van der Waals surface area contributed by atoms with Crippen LogP contribution in [0, 0.1) is 0 Å². The number of hydrogen-bond donors (Lipinski definition) is 2. The first-order chi connectivity index (χ1) is 16.6. The Morgan fingerprint density at radius 1 is 1.06 bits per heavy atom. The average molecular weight is 474 g/mol. The van der Waals surface area contributed by atoms with Gasteiger partial charge >= 0.3 is 0 Å². The van der Waals surface area contributed by atoms with E-state index in [1.807, 2.05) is 48.7 Å². The minimum atomic E-state index is -0.635. The second-order valence-electron chi connectivity index (χ2n) is 8.29. The number of methoxy groups -OCH3 is 1. The Balaban J connectivity index is 1.67. The zero-order valence-electron chi connectivity index (χ0n) is 18.6. The Bertz CT molecular complexity index is 1370. The molecule has 6 nitrogen and oxygen atoms in total. The second-order valence-corrected chi connectivity index (χ2v) is 8.73. The van der Waals surface area contributed by atoms with E-state index in [2.05, 4.69) is 10.3 Å². The van der Waals surface area contributed by atoms with Gasteiger partial charge in [0.1, 0.15) is 0 Å². The van der Waals surface area contributed by atoms with Crippen molar-refractivity contribution in [1.82, 2.24) is 9.88 Å². The van der Waals surface area contributed by atoms with Gasteiger partial charge in [0, 0.05) is 52.6 Å². The summed E-state index contributed by atoms with van der Waals surface area (Å²) in [4.78, 5) is 32.6. The van der Waals surface area contributed by atoms with Crippen LogP contribution in [0.3, 0.4) is 0 Å². The van der Waals surface area contributed by atoms with Gasteiger partial charge in [0.05, 0.1) is 18.6 Å². The van der Waals surface area contributed by atoms with Crippen molar-refractivity contribution in [1.29, 1.82) is 0 Å². The minimum Gasteiger partial charge on any atom is -0.383 e. The van der Waals surface area contributed by atoms with Gasteiger partial charge in [0.25, 0.3) is 5.91 Å². The number of aromatic nitrogens is 1. The third-order valence-corrected chi connectivity index (χ3v) is 6.52. The number of para-hydroxylation sites is 1. The maximum absolute atomic E-state index is 13.9. The smallest absolute Gasteiger partial charge is 0.254 e. The molecule has 1 aliphatic heterocycles. The number of benzene rings is 3. The molecule has 0 spiro atoms. The number of ether oxygens (including phenoxy) is 1. The van der Waals surface area contributed by atoms with Crippen LogP contribution in [-0.4, -0.2) is 42.0 Å². The van der Waals surface area contributed by atoms with Gasteiger partial charge in [-0.2, -0.15) is 0 Å². The molecular formula is C27H24ClN3O3. The molecular weight excluding hydrogens is 450 g/mol. The molecule has 2 N–H and O–H groups in total. The van der Waals surface area contributed by atoms with Crippen molar-refractivity contribution in [2.75, 3.05) is 25.6 Å². The second kappa shape index (κ2) is 9.33. The topological polar surface area (TPSA) is 74.4 Å². The molecule has 0 bridgehead atoms. The molecule has 34 heavy (non-hydrogen) atoms. The lowest BCUT2D eigenvalue weighted by Gasteiger charge is -2.41. The largest absolute Gasteiger partial charge is 0.383 e. The molecule has 5 rings (SSSR count). The van der Waals surface area contributed by atoms with E-state index in [0.717, 1.165) is 16.5 Å². The number of carbonyl (C=O) groups is 2. The molecule has 1 aliphatic rings. The lowest BCUT2D eigenvalue weighted by molar-refractivity contribution is -0.119. The SMILES string of the molecule is COCCN1C(=O)c2ccccc2[C@H](C(=O)Nc2cccc(Cl)c2)[C@@H]1c1c[nH]c2ccccc12. The standard InChI is InChI=1S/C27H24ClN3O3/c1-34-14-13-31-25(22-16-29-23-12-5-4-9-19(22)23)24(20-10-2-3-11-21(20)27(31)33)26(32)30-18-8-6-7-17(28)15-18/h2-12,15-16,24-25,29H,13-14H2,1H3,(H,30,32)/t24-,25-/m0/s1. The molecule has 0 saturated carbocycles. The summed E-state index contributed by atoms with van der Waals surface area (Å²) in [6.07, 6.45) is 1.90. The van der Waals surface area contributed by atoms with Gasteiger partial charge in [-0.25, -0.2) is 0 Å². The molecule has 0 unspecified atom stereocenters. The lowest BCUT2D eigenvalue weighted by atomic mass is 9.79. The number of carbonyl (C=O) groups excluding carboxylic acids is 2. The maximum Gasteiger partial charge on any atom is 0.254 e. The summed E-state index contributed by atoms with van der Waals surface area (Å²) in [6, 6.07) is 21.8. The van der Waals surface area contributed by atoms with Crippen molar-refractivity contribution in [2.45, 2.75) is 12.0 Å². The number of anilines is 1. The van der Waals surface area contributed by atoms with Gasteiger partial charge in [0.15, 0.2) is 0 Å². The van der Waals surface area contributed by atoms with Gasteiger partial charge in [0.2, 0.25) is 5.91 Å². The number of nitrogens with one attached hydrogen (secondary N) is 2. The van der Waals surface area contributed by atoms with Gasteiger partial charge in [-0.3, -0.25) is 9.59 Å². The minimum absolute atomic E-state index is 0.116. The summed E-state index contributed by atoms with van der Waals surface area (Å²) in [5, 5.41) is 4.53. The number of aromatic amines is 1. The number of rotatable bonds is 6. The monoisotopic (exact) mass is 473 g/mol. The van der Waals surface area contributed by atoms with Crippen molar-refractivity contribution in [3.8, 4) is 0 Å². The molecule has 2 amide bonds. The molecule has 4 aromatic rings. The van der Waals surface area contributed by atoms with Crippen LogP contribution in [0.15, 0.2) is 79.0 Å². The van der Waals surface area contributed by atoms with Crippen LogP contribution in [-0.2, 0) is 9.53 Å². The Hall–Kier alpha value is -3.61.